The fourth-order valence-corrected chi connectivity index (χ4v) is 8.40. The maximum absolute atomic E-state index is 12.6. The van der Waals surface area contributed by atoms with Crippen molar-refractivity contribution in [2.24, 2.45) is 0 Å². The number of morpholine rings is 1. The number of ether oxygens (including phenoxy) is 3. The van der Waals surface area contributed by atoms with Crippen molar-refractivity contribution in [2.45, 2.75) is 34.7 Å². The molecule has 0 aromatic carbocycles. The number of rotatable bonds is 8. The van der Waals surface area contributed by atoms with E-state index in [0.717, 1.165) is 68.4 Å². The number of nitrogens with zero attached hydrogens (tertiary/aromatic N) is 7. The number of hydrogen-bond acceptors (Lipinski definition) is 12. The maximum Gasteiger partial charge on any atom is 0.319 e. The van der Waals surface area contributed by atoms with Crippen molar-refractivity contribution in [3.05, 3.63) is 11.9 Å². The summed E-state index contributed by atoms with van der Waals surface area (Å²) in [6.07, 6.45) is 4.07. The normalized spacial score (nSPS) is 22.9. The van der Waals surface area contributed by atoms with Crippen LogP contribution in [0.4, 0.5) is 5.82 Å². The maximum atomic E-state index is 12.6. The SMILES string of the molecule is COc1ncc(-c2nc3c(c(N4CCOCC4)n2)SC(CN2CCN(S(=O)(=O)C4CC4)CC2)C3)c(OC)n1. The summed E-state index contributed by atoms with van der Waals surface area (Å²) in [7, 11) is -0.0309. The van der Waals surface area contributed by atoms with E-state index in [1.54, 1.807) is 17.6 Å². The van der Waals surface area contributed by atoms with Gasteiger partial charge in [0.15, 0.2) is 5.82 Å². The van der Waals surface area contributed by atoms with Gasteiger partial charge < -0.3 is 19.1 Å². The molecule has 2 saturated heterocycles. The van der Waals surface area contributed by atoms with Crippen molar-refractivity contribution >= 4 is 27.6 Å². The van der Waals surface area contributed by atoms with Gasteiger partial charge in [0, 0.05) is 63.7 Å². The second-order valence-corrected chi connectivity index (χ2v) is 13.4. The molecule has 3 aliphatic heterocycles. The van der Waals surface area contributed by atoms with Crippen molar-refractivity contribution in [2.75, 3.05) is 78.1 Å². The summed E-state index contributed by atoms with van der Waals surface area (Å²) >= 11 is 1.83. The van der Waals surface area contributed by atoms with Gasteiger partial charge in [0.25, 0.3) is 0 Å². The number of hydrogen-bond donors (Lipinski definition) is 0. The van der Waals surface area contributed by atoms with Crippen LogP contribution in [-0.4, -0.2) is 121 Å². The molecule has 5 heterocycles. The Labute approximate surface area is 227 Å². The minimum absolute atomic E-state index is 0.143. The Morgan fingerprint density at radius 2 is 1.79 bits per heavy atom. The predicted molar refractivity (Wildman–Crippen MR) is 142 cm³/mol. The predicted octanol–water partition coefficient (Wildman–Crippen LogP) is 0.914. The van der Waals surface area contributed by atoms with Crippen LogP contribution in [0.1, 0.15) is 18.5 Å². The molecule has 0 radical (unpaired) electrons. The van der Waals surface area contributed by atoms with Gasteiger partial charge in [0.1, 0.15) is 11.4 Å². The molecule has 0 amide bonds. The van der Waals surface area contributed by atoms with Crippen molar-refractivity contribution in [1.82, 2.24) is 29.1 Å². The lowest BCUT2D eigenvalue weighted by Crippen LogP contribution is -2.50. The van der Waals surface area contributed by atoms with Crippen LogP contribution in [0.25, 0.3) is 11.4 Å². The van der Waals surface area contributed by atoms with Crippen molar-refractivity contribution in [1.29, 1.82) is 0 Å². The van der Waals surface area contributed by atoms with Crippen LogP contribution in [0.15, 0.2) is 11.1 Å². The van der Waals surface area contributed by atoms with Gasteiger partial charge >= 0.3 is 6.01 Å². The molecular weight excluding hydrogens is 530 g/mol. The molecule has 1 saturated carbocycles. The molecule has 3 fully saturated rings. The van der Waals surface area contributed by atoms with E-state index in [0.29, 0.717) is 48.8 Å². The number of thioether (sulfide) groups is 1. The molecule has 0 N–H and O–H groups in total. The second kappa shape index (κ2) is 10.7. The number of fused-ring (bicyclic) bond motifs is 1. The lowest BCUT2D eigenvalue weighted by molar-refractivity contribution is 0.122. The van der Waals surface area contributed by atoms with Crippen molar-refractivity contribution < 1.29 is 22.6 Å². The van der Waals surface area contributed by atoms with Crippen LogP contribution in [0.3, 0.4) is 0 Å². The molecule has 1 aliphatic carbocycles. The average molecular weight is 564 g/mol. The Kier molecular flexibility index (Phi) is 7.33. The van der Waals surface area contributed by atoms with Crippen molar-refractivity contribution in [3.8, 4) is 23.3 Å². The van der Waals surface area contributed by atoms with Crippen molar-refractivity contribution in [3.63, 3.8) is 0 Å². The summed E-state index contributed by atoms with van der Waals surface area (Å²) in [5.41, 5.74) is 1.63. The summed E-state index contributed by atoms with van der Waals surface area (Å²) in [6, 6.07) is 0.223. The standard InChI is InChI=1S/C24H33N7O5S2/c1-34-23-18(14-25-24(28-23)35-2)21-26-19-13-16(37-20(19)22(27-21)30-9-11-36-12-10-30)15-29-5-7-31(8-6-29)38(32,33)17-3-4-17/h14,16-17H,3-13,15H2,1-2H3. The first kappa shape index (κ1) is 26.0. The van der Waals surface area contributed by atoms with Crippen LogP contribution < -0.4 is 14.4 Å². The van der Waals surface area contributed by atoms with Crippen LogP contribution in [0, 0.1) is 0 Å². The lowest BCUT2D eigenvalue weighted by atomic mass is 10.2. The summed E-state index contributed by atoms with van der Waals surface area (Å²) in [5.74, 6) is 1.81. The van der Waals surface area contributed by atoms with Gasteiger partial charge in [-0.1, -0.05) is 0 Å². The van der Waals surface area contributed by atoms with Gasteiger partial charge in [0.05, 0.1) is 43.3 Å². The number of methoxy groups -OCH3 is 2. The molecule has 2 aromatic rings. The highest BCUT2D eigenvalue weighted by atomic mass is 32.2. The average Bonchev–Trinajstić information content (AvgIpc) is 3.74. The van der Waals surface area contributed by atoms with Gasteiger partial charge in [-0.3, -0.25) is 4.90 Å². The van der Waals surface area contributed by atoms with Gasteiger partial charge in [-0.2, -0.15) is 9.29 Å². The Hall–Kier alpha value is -2.26. The minimum atomic E-state index is -3.10. The molecule has 2 aromatic heterocycles. The molecule has 12 nitrogen and oxygen atoms in total. The molecular formula is C24H33N7O5S2. The molecule has 0 spiro atoms. The highest BCUT2D eigenvalue weighted by Crippen LogP contribution is 2.44. The summed E-state index contributed by atoms with van der Waals surface area (Å²) < 4.78 is 43.2. The Morgan fingerprint density at radius 1 is 1.03 bits per heavy atom. The van der Waals surface area contributed by atoms with E-state index in [4.69, 9.17) is 24.2 Å². The topological polar surface area (TPSA) is 123 Å². The highest BCUT2D eigenvalue weighted by Gasteiger charge is 2.41. The zero-order valence-corrected chi connectivity index (χ0v) is 23.3. The summed E-state index contributed by atoms with van der Waals surface area (Å²) in [5, 5.41) is 0.171. The highest BCUT2D eigenvalue weighted by molar-refractivity contribution is 8.00. The number of sulfonamides is 1. The molecule has 14 heteroatoms. The molecule has 0 bridgehead atoms. The fraction of sp³-hybridized carbons (Fsp3) is 0.667. The van der Waals surface area contributed by atoms with E-state index in [2.05, 4.69) is 19.8 Å². The van der Waals surface area contributed by atoms with E-state index >= 15 is 0 Å². The Morgan fingerprint density at radius 3 is 2.47 bits per heavy atom. The molecule has 38 heavy (non-hydrogen) atoms. The first-order valence-corrected chi connectivity index (χ1v) is 15.4. The molecule has 4 aliphatic rings. The summed E-state index contributed by atoms with van der Waals surface area (Å²) in [4.78, 5) is 24.3. The minimum Gasteiger partial charge on any atom is -0.480 e. The fourth-order valence-electron chi connectivity index (χ4n) is 5.17. The number of anilines is 1. The van der Waals surface area contributed by atoms with Crippen LogP contribution in [-0.2, 0) is 21.2 Å². The zero-order valence-electron chi connectivity index (χ0n) is 21.7. The summed E-state index contributed by atoms with van der Waals surface area (Å²) in [6.45, 7) is 6.39. The largest absolute Gasteiger partial charge is 0.480 e. The van der Waals surface area contributed by atoms with E-state index in [1.807, 2.05) is 11.8 Å². The van der Waals surface area contributed by atoms with Gasteiger partial charge in [-0.25, -0.2) is 23.4 Å². The van der Waals surface area contributed by atoms with E-state index < -0.39 is 10.0 Å². The molecule has 206 valence electrons. The van der Waals surface area contributed by atoms with Gasteiger partial charge in [-0.05, 0) is 12.8 Å². The molecule has 6 rings (SSSR count). The first-order valence-electron chi connectivity index (χ1n) is 13.0. The van der Waals surface area contributed by atoms with Crippen LogP contribution >= 0.6 is 11.8 Å². The number of aromatic nitrogens is 4. The Bertz CT molecular complexity index is 1280. The first-order chi connectivity index (χ1) is 18.5. The van der Waals surface area contributed by atoms with Gasteiger partial charge in [-0.15, -0.1) is 11.8 Å². The lowest BCUT2D eigenvalue weighted by Gasteiger charge is -2.35. The quantitative estimate of drug-likeness (QED) is 0.454. The molecule has 1 unspecified atom stereocenters. The van der Waals surface area contributed by atoms with E-state index in [1.165, 1.54) is 7.11 Å². The van der Waals surface area contributed by atoms with E-state index in [-0.39, 0.29) is 11.3 Å². The third kappa shape index (κ3) is 5.16. The van der Waals surface area contributed by atoms with Gasteiger partial charge in [0.2, 0.25) is 15.9 Å². The second-order valence-electron chi connectivity index (χ2n) is 9.91. The smallest absolute Gasteiger partial charge is 0.319 e. The monoisotopic (exact) mass is 563 g/mol. The third-order valence-corrected chi connectivity index (χ3v) is 11.1. The Balaban J connectivity index is 1.22. The van der Waals surface area contributed by atoms with E-state index in [9.17, 15) is 8.42 Å². The third-order valence-electron chi connectivity index (χ3n) is 7.38. The van der Waals surface area contributed by atoms with Crippen LogP contribution in [0.2, 0.25) is 0 Å². The molecule has 1 atom stereocenters. The zero-order chi connectivity index (χ0) is 26.3. The van der Waals surface area contributed by atoms with Crippen LogP contribution in [0.5, 0.6) is 11.9 Å². The number of piperazine rings is 1.